The molecule has 2 heterocycles. The van der Waals surface area contributed by atoms with Gasteiger partial charge in [-0.05, 0) is 36.4 Å². The summed E-state index contributed by atoms with van der Waals surface area (Å²) in [6, 6.07) is 11.9. The zero-order chi connectivity index (χ0) is 20.4. The Bertz CT molecular complexity index is 960. The first-order valence-electron chi connectivity index (χ1n) is 9.13. The van der Waals surface area contributed by atoms with E-state index in [1.54, 1.807) is 47.4 Å². The molecule has 0 aromatic heterocycles. The maximum Gasteiger partial charge on any atom is 0.325 e. The fraction of sp³-hybridized carbons (Fsp3) is 0.250. The second-order valence-corrected chi connectivity index (χ2v) is 6.70. The van der Waals surface area contributed by atoms with E-state index in [9.17, 15) is 14.4 Å². The number of nitrogens with one attached hydrogen (secondary N) is 2. The van der Waals surface area contributed by atoms with Crippen molar-refractivity contribution in [3.8, 4) is 11.5 Å². The van der Waals surface area contributed by atoms with E-state index in [1.165, 1.54) is 11.8 Å². The van der Waals surface area contributed by atoms with E-state index in [-0.39, 0.29) is 31.2 Å². The van der Waals surface area contributed by atoms with Gasteiger partial charge in [0.1, 0.15) is 6.54 Å². The predicted octanol–water partition coefficient (Wildman–Crippen LogP) is 2.25. The van der Waals surface area contributed by atoms with E-state index in [0.717, 1.165) is 0 Å². The van der Waals surface area contributed by atoms with Gasteiger partial charge in [-0.1, -0.05) is 0 Å². The molecule has 2 aromatic rings. The maximum atomic E-state index is 12.7. The normalized spacial score (nSPS) is 14.9. The summed E-state index contributed by atoms with van der Waals surface area (Å²) in [6.07, 6.45) is 0. The molecule has 0 bridgehead atoms. The van der Waals surface area contributed by atoms with Crippen LogP contribution in [0.4, 0.5) is 21.9 Å². The van der Waals surface area contributed by atoms with Crippen LogP contribution in [0.3, 0.4) is 0 Å². The van der Waals surface area contributed by atoms with Crippen molar-refractivity contribution in [1.82, 2.24) is 4.90 Å². The third-order valence-electron chi connectivity index (χ3n) is 4.59. The molecule has 0 aliphatic carbocycles. The van der Waals surface area contributed by atoms with Gasteiger partial charge in [0.15, 0.2) is 11.5 Å². The molecule has 4 amide bonds. The highest BCUT2D eigenvalue weighted by Crippen LogP contribution is 2.36. The molecule has 2 N–H and O–H groups in total. The lowest BCUT2D eigenvalue weighted by atomic mass is 10.2. The van der Waals surface area contributed by atoms with Gasteiger partial charge in [-0.2, -0.15) is 0 Å². The average molecular weight is 396 g/mol. The average Bonchev–Trinajstić information content (AvgIpc) is 3.29. The number of hydrogen-bond acceptors (Lipinski definition) is 5. The Kier molecular flexibility index (Phi) is 4.94. The number of carbonyl (C=O) groups excluding carboxylic acids is 3. The van der Waals surface area contributed by atoms with Crippen LogP contribution in [0.1, 0.15) is 6.92 Å². The molecule has 4 rings (SSSR count). The Morgan fingerprint density at radius 2 is 1.66 bits per heavy atom. The molecular formula is C20H20N4O5. The van der Waals surface area contributed by atoms with Crippen molar-refractivity contribution in [2.75, 3.05) is 42.0 Å². The van der Waals surface area contributed by atoms with Crippen LogP contribution in [-0.2, 0) is 9.59 Å². The van der Waals surface area contributed by atoms with E-state index in [4.69, 9.17) is 9.47 Å². The quantitative estimate of drug-likeness (QED) is 0.808. The van der Waals surface area contributed by atoms with Crippen LogP contribution in [0.5, 0.6) is 11.5 Å². The fourth-order valence-electron chi connectivity index (χ4n) is 3.24. The van der Waals surface area contributed by atoms with Gasteiger partial charge < -0.3 is 25.0 Å². The summed E-state index contributed by atoms with van der Waals surface area (Å²) in [6.45, 7) is 2.48. The smallest absolute Gasteiger partial charge is 0.325 e. The van der Waals surface area contributed by atoms with Crippen LogP contribution in [-0.4, -0.2) is 49.2 Å². The van der Waals surface area contributed by atoms with E-state index < -0.39 is 0 Å². The second-order valence-electron chi connectivity index (χ2n) is 6.70. The van der Waals surface area contributed by atoms with Crippen LogP contribution < -0.4 is 25.0 Å². The summed E-state index contributed by atoms with van der Waals surface area (Å²) in [4.78, 5) is 39.2. The van der Waals surface area contributed by atoms with E-state index >= 15 is 0 Å². The topological polar surface area (TPSA) is 100 Å². The molecular weight excluding hydrogens is 376 g/mol. The minimum absolute atomic E-state index is 0.0483. The fourth-order valence-corrected chi connectivity index (χ4v) is 3.24. The van der Waals surface area contributed by atoms with Gasteiger partial charge in [-0.3, -0.25) is 14.5 Å². The second kappa shape index (κ2) is 7.70. The lowest BCUT2D eigenvalue weighted by Gasteiger charge is -2.18. The molecule has 29 heavy (non-hydrogen) atoms. The lowest BCUT2D eigenvalue weighted by molar-refractivity contribution is -0.116. The number of nitrogens with zero attached hydrogens (tertiary/aromatic N) is 2. The van der Waals surface area contributed by atoms with E-state index in [0.29, 0.717) is 41.7 Å². The molecule has 1 saturated heterocycles. The van der Waals surface area contributed by atoms with Gasteiger partial charge in [0.2, 0.25) is 18.6 Å². The molecule has 0 saturated carbocycles. The summed E-state index contributed by atoms with van der Waals surface area (Å²) in [5.74, 6) is 0.801. The zero-order valence-electron chi connectivity index (χ0n) is 15.8. The highest BCUT2D eigenvalue weighted by atomic mass is 16.7. The molecule has 0 atom stereocenters. The monoisotopic (exact) mass is 396 g/mol. The van der Waals surface area contributed by atoms with Gasteiger partial charge in [0.05, 0.1) is 0 Å². The van der Waals surface area contributed by atoms with Gasteiger partial charge >= 0.3 is 6.03 Å². The van der Waals surface area contributed by atoms with Gasteiger partial charge in [0, 0.05) is 43.1 Å². The van der Waals surface area contributed by atoms with Crippen molar-refractivity contribution < 1.29 is 23.9 Å². The van der Waals surface area contributed by atoms with Crippen molar-refractivity contribution in [2.45, 2.75) is 6.92 Å². The van der Waals surface area contributed by atoms with Gasteiger partial charge in [-0.25, -0.2) is 4.79 Å². The van der Waals surface area contributed by atoms with Crippen LogP contribution in [0.15, 0.2) is 42.5 Å². The molecule has 0 unspecified atom stereocenters. The number of anilines is 3. The molecule has 2 aliphatic heterocycles. The number of rotatable bonds is 5. The molecule has 1 fully saturated rings. The number of carbonyl (C=O) groups is 3. The maximum absolute atomic E-state index is 12.7. The van der Waals surface area contributed by atoms with Crippen molar-refractivity contribution >= 4 is 34.9 Å². The Labute approximate surface area is 167 Å². The Morgan fingerprint density at radius 3 is 2.38 bits per heavy atom. The van der Waals surface area contributed by atoms with Gasteiger partial charge in [0.25, 0.3) is 0 Å². The van der Waals surface area contributed by atoms with Crippen LogP contribution >= 0.6 is 0 Å². The highest BCUT2D eigenvalue weighted by molar-refractivity contribution is 5.99. The molecule has 2 aliphatic rings. The van der Waals surface area contributed by atoms with Crippen LogP contribution in [0.25, 0.3) is 0 Å². The Balaban J connectivity index is 1.34. The summed E-state index contributed by atoms with van der Waals surface area (Å²) in [5.41, 5.74) is 1.93. The highest BCUT2D eigenvalue weighted by Gasteiger charge is 2.31. The van der Waals surface area contributed by atoms with E-state index in [2.05, 4.69) is 10.6 Å². The third-order valence-corrected chi connectivity index (χ3v) is 4.59. The summed E-state index contributed by atoms with van der Waals surface area (Å²) < 4.78 is 10.6. The van der Waals surface area contributed by atoms with E-state index in [1.807, 2.05) is 0 Å². The zero-order valence-corrected chi connectivity index (χ0v) is 15.8. The molecule has 150 valence electrons. The van der Waals surface area contributed by atoms with Crippen LogP contribution in [0.2, 0.25) is 0 Å². The lowest BCUT2D eigenvalue weighted by Crippen LogP contribution is -2.37. The number of fused-ring (bicyclic) bond motifs is 1. The van der Waals surface area contributed by atoms with Crippen molar-refractivity contribution in [2.24, 2.45) is 0 Å². The Hall–Kier alpha value is -3.75. The Morgan fingerprint density at radius 1 is 0.966 bits per heavy atom. The summed E-state index contributed by atoms with van der Waals surface area (Å²) >= 11 is 0. The standard InChI is InChI=1S/C20H20N4O5/c1-13(25)21-14-2-4-15(5-3-14)22-19(26)11-23-8-9-24(20(23)27)16-6-7-17-18(10-16)29-12-28-17/h2-7,10H,8-9,11-12H2,1H3,(H,21,25)(H,22,26). The number of ether oxygens (including phenoxy) is 2. The first kappa shape index (κ1) is 18.6. The molecule has 0 radical (unpaired) electrons. The number of benzene rings is 2. The minimum Gasteiger partial charge on any atom is -0.454 e. The minimum atomic E-state index is -0.293. The molecule has 9 nitrogen and oxygen atoms in total. The molecule has 9 heteroatoms. The summed E-state index contributed by atoms with van der Waals surface area (Å²) in [7, 11) is 0. The number of amides is 4. The summed E-state index contributed by atoms with van der Waals surface area (Å²) in [5, 5.41) is 5.42. The van der Waals surface area contributed by atoms with Crippen molar-refractivity contribution in [1.29, 1.82) is 0 Å². The SMILES string of the molecule is CC(=O)Nc1ccc(NC(=O)CN2CCN(c3ccc4c(c3)OCO4)C2=O)cc1. The largest absolute Gasteiger partial charge is 0.454 e. The number of hydrogen-bond donors (Lipinski definition) is 2. The third kappa shape index (κ3) is 4.08. The predicted molar refractivity (Wildman–Crippen MR) is 106 cm³/mol. The number of urea groups is 1. The first-order chi connectivity index (χ1) is 14.0. The molecule has 0 spiro atoms. The molecule has 2 aromatic carbocycles. The van der Waals surface area contributed by atoms with Crippen molar-refractivity contribution in [3.63, 3.8) is 0 Å². The van der Waals surface area contributed by atoms with Gasteiger partial charge in [-0.15, -0.1) is 0 Å². The van der Waals surface area contributed by atoms with Crippen molar-refractivity contribution in [3.05, 3.63) is 42.5 Å². The first-order valence-corrected chi connectivity index (χ1v) is 9.13. The van der Waals surface area contributed by atoms with Crippen LogP contribution in [0, 0.1) is 0 Å².